The maximum absolute atomic E-state index is 13.2. The molecule has 5 heteroatoms. The van der Waals surface area contributed by atoms with Crippen LogP contribution in [-0.2, 0) is 9.84 Å². The van der Waals surface area contributed by atoms with Crippen LogP contribution < -0.4 is 5.32 Å². The third kappa shape index (κ3) is 2.79. The number of benzene rings is 3. The van der Waals surface area contributed by atoms with Crippen molar-refractivity contribution >= 4 is 15.5 Å². The Labute approximate surface area is 153 Å². The predicted octanol–water partition coefficient (Wildman–Crippen LogP) is 3.73. The van der Waals surface area contributed by atoms with Crippen LogP contribution in [0.25, 0.3) is 0 Å². The van der Waals surface area contributed by atoms with Crippen LogP contribution in [0.5, 0.6) is 0 Å². The van der Waals surface area contributed by atoms with Gasteiger partial charge in [-0.15, -0.1) is 0 Å². The first-order chi connectivity index (χ1) is 12.6. The van der Waals surface area contributed by atoms with Gasteiger partial charge in [-0.3, -0.25) is 0 Å². The maximum Gasteiger partial charge on any atom is 0.186 e. The van der Waals surface area contributed by atoms with E-state index in [0.29, 0.717) is 5.56 Å². The van der Waals surface area contributed by atoms with Gasteiger partial charge >= 0.3 is 0 Å². The molecule has 0 fully saturated rings. The van der Waals surface area contributed by atoms with Crippen molar-refractivity contribution in [1.82, 2.24) is 0 Å². The number of hydrogen-bond acceptors (Lipinski definition) is 4. The predicted molar refractivity (Wildman–Crippen MR) is 102 cm³/mol. The Morgan fingerprint density at radius 3 is 2.04 bits per heavy atom. The van der Waals surface area contributed by atoms with E-state index in [9.17, 15) is 13.5 Å². The summed E-state index contributed by atoms with van der Waals surface area (Å²) in [6, 6.07) is 25.0. The molecule has 0 radical (unpaired) electrons. The standard InChI is InChI=1S/C21H19NO3S/c23-20-17-13-7-8-14-18(17)26(24,25)21(20)19(15-9-3-1-4-10-15)22-16-11-5-2-6-12-16/h1-14,19-23H. The normalized spacial score (nSPS) is 21.7. The molecule has 3 atom stereocenters. The third-order valence-electron chi connectivity index (χ3n) is 4.80. The summed E-state index contributed by atoms with van der Waals surface area (Å²) in [6.07, 6.45) is -1.09. The Morgan fingerprint density at radius 1 is 0.808 bits per heavy atom. The van der Waals surface area contributed by atoms with Crippen molar-refractivity contribution in [3.8, 4) is 0 Å². The summed E-state index contributed by atoms with van der Waals surface area (Å²) in [5.74, 6) is 0. The van der Waals surface area contributed by atoms with E-state index < -0.39 is 27.2 Å². The molecule has 0 saturated carbocycles. The fourth-order valence-corrected chi connectivity index (χ4v) is 5.72. The number of hydrogen-bond donors (Lipinski definition) is 2. The van der Waals surface area contributed by atoms with E-state index in [2.05, 4.69) is 5.32 Å². The van der Waals surface area contributed by atoms with Crippen molar-refractivity contribution in [2.24, 2.45) is 0 Å². The van der Waals surface area contributed by atoms with E-state index in [1.807, 2.05) is 60.7 Å². The summed E-state index contributed by atoms with van der Waals surface area (Å²) in [5.41, 5.74) is 2.09. The van der Waals surface area contributed by atoms with Crippen LogP contribution in [0.4, 0.5) is 5.69 Å². The molecule has 0 aromatic heterocycles. The first-order valence-electron chi connectivity index (χ1n) is 8.46. The van der Waals surface area contributed by atoms with E-state index in [1.54, 1.807) is 24.3 Å². The van der Waals surface area contributed by atoms with Gasteiger partial charge in [0.05, 0.1) is 17.0 Å². The van der Waals surface area contributed by atoms with Gasteiger partial charge in [0.2, 0.25) is 0 Å². The number of fused-ring (bicyclic) bond motifs is 1. The van der Waals surface area contributed by atoms with Gasteiger partial charge < -0.3 is 10.4 Å². The van der Waals surface area contributed by atoms with E-state index in [4.69, 9.17) is 0 Å². The molecule has 3 aromatic carbocycles. The minimum Gasteiger partial charge on any atom is -0.387 e. The van der Waals surface area contributed by atoms with Crippen molar-refractivity contribution in [3.63, 3.8) is 0 Å². The third-order valence-corrected chi connectivity index (χ3v) is 7.03. The zero-order valence-electron chi connectivity index (χ0n) is 14.0. The van der Waals surface area contributed by atoms with Crippen molar-refractivity contribution in [2.75, 3.05) is 5.32 Å². The molecular formula is C21H19NO3S. The summed E-state index contributed by atoms with van der Waals surface area (Å²) in [4.78, 5) is 0.216. The number of aliphatic hydroxyl groups excluding tert-OH is 1. The second kappa shape index (κ2) is 6.59. The second-order valence-electron chi connectivity index (χ2n) is 6.39. The fourth-order valence-electron chi connectivity index (χ4n) is 3.57. The van der Waals surface area contributed by atoms with Gasteiger partial charge in [-0.2, -0.15) is 0 Å². The summed E-state index contributed by atoms with van der Waals surface area (Å²) in [6.45, 7) is 0. The number of anilines is 1. The smallest absolute Gasteiger partial charge is 0.186 e. The van der Waals surface area contributed by atoms with Crippen LogP contribution in [0.3, 0.4) is 0 Å². The van der Waals surface area contributed by atoms with E-state index in [0.717, 1.165) is 11.3 Å². The molecule has 0 bridgehead atoms. The number of aliphatic hydroxyl groups is 1. The highest BCUT2D eigenvalue weighted by molar-refractivity contribution is 7.92. The van der Waals surface area contributed by atoms with Gasteiger partial charge in [0, 0.05) is 11.3 Å². The maximum atomic E-state index is 13.2. The Kier molecular flexibility index (Phi) is 4.26. The van der Waals surface area contributed by atoms with Crippen LogP contribution in [0.1, 0.15) is 23.3 Å². The molecule has 1 aliphatic rings. The van der Waals surface area contributed by atoms with Gasteiger partial charge in [-0.05, 0) is 23.8 Å². The average Bonchev–Trinajstić information content (AvgIpc) is 2.88. The summed E-state index contributed by atoms with van der Waals surface area (Å²) < 4.78 is 26.4. The number of nitrogens with one attached hydrogen (secondary N) is 1. The van der Waals surface area contributed by atoms with Crippen molar-refractivity contribution in [3.05, 3.63) is 96.1 Å². The molecule has 0 spiro atoms. The van der Waals surface area contributed by atoms with Gasteiger partial charge in [-0.1, -0.05) is 66.7 Å². The number of sulfone groups is 1. The van der Waals surface area contributed by atoms with Crippen molar-refractivity contribution < 1.29 is 13.5 Å². The van der Waals surface area contributed by atoms with Crippen LogP contribution in [-0.4, -0.2) is 18.8 Å². The van der Waals surface area contributed by atoms with Gasteiger partial charge in [-0.25, -0.2) is 8.42 Å². The molecule has 0 aliphatic carbocycles. The van der Waals surface area contributed by atoms with Crippen LogP contribution in [0.15, 0.2) is 89.8 Å². The minimum atomic E-state index is -3.68. The van der Waals surface area contributed by atoms with Gasteiger partial charge in [0.25, 0.3) is 0 Å². The van der Waals surface area contributed by atoms with E-state index >= 15 is 0 Å². The topological polar surface area (TPSA) is 66.4 Å². The van der Waals surface area contributed by atoms with Crippen LogP contribution >= 0.6 is 0 Å². The molecule has 0 amide bonds. The number of rotatable bonds is 4. The molecule has 4 nitrogen and oxygen atoms in total. The lowest BCUT2D eigenvalue weighted by molar-refractivity contribution is 0.167. The quantitative estimate of drug-likeness (QED) is 0.739. The van der Waals surface area contributed by atoms with Gasteiger partial charge in [0.1, 0.15) is 5.25 Å². The molecular weight excluding hydrogens is 346 g/mol. The minimum absolute atomic E-state index is 0.216. The summed E-state index contributed by atoms with van der Waals surface area (Å²) in [7, 11) is -3.68. The largest absolute Gasteiger partial charge is 0.387 e. The molecule has 132 valence electrons. The first kappa shape index (κ1) is 16.8. The zero-order valence-corrected chi connectivity index (χ0v) is 14.8. The second-order valence-corrected chi connectivity index (χ2v) is 8.47. The Hall–Kier alpha value is -2.63. The lowest BCUT2D eigenvalue weighted by atomic mass is 9.96. The van der Waals surface area contributed by atoms with Crippen LogP contribution in [0, 0.1) is 0 Å². The highest BCUT2D eigenvalue weighted by Crippen LogP contribution is 2.45. The molecule has 1 aliphatic heterocycles. The van der Waals surface area contributed by atoms with E-state index in [-0.39, 0.29) is 4.90 Å². The lowest BCUT2D eigenvalue weighted by Crippen LogP contribution is -2.33. The highest BCUT2D eigenvalue weighted by atomic mass is 32.2. The molecule has 4 rings (SSSR count). The van der Waals surface area contributed by atoms with Crippen molar-refractivity contribution in [1.29, 1.82) is 0 Å². The number of para-hydroxylation sites is 1. The summed E-state index contributed by atoms with van der Waals surface area (Å²) >= 11 is 0. The molecule has 2 N–H and O–H groups in total. The first-order valence-corrected chi connectivity index (χ1v) is 10.0. The van der Waals surface area contributed by atoms with Gasteiger partial charge in [0.15, 0.2) is 9.84 Å². The summed E-state index contributed by atoms with van der Waals surface area (Å²) in [5, 5.41) is 13.2. The zero-order chi connectivity index (χ0) is 18.1. The molecule has 3 unspecified atom stereocenters. The fraction of sp³-hybridized carbons (Fsp3) is 0.143. The highest BCUT2D eigenvalue weighted by Gasteiger charge is 2.48. The lowest BCUT2D eigenvalue weighted by Gasteiger charge is -2.28. The van der Waals surface area contributed by atoms with Crippen molar-refractivity contribution in [2.45, 2.75) is 22.3 Å². The molecule has 0 saturated heterocycles. The molecule has 3 aromatic rings. The van der Waals surface area contributed by atoms with Crippen LogP contribution in [0.2, 0.25) is 0 Å². The monoisotopic (exact) mass is 365 g/mol. The SMILES string of the molecule is O=S1(=O)c2ccccc2C(O)C1C(Nc1ccccc1)c1ccccc1. The molecule has 26 heavy (non-hydrogen) atoms. The Balaban J connectivity index is 1.82. The Bertz CT molecular complexity index is 1000. The van der Waals surface area contributed by atoms with E-state index in [1.165, 1.54) is 0 Å². The average molecular weight is 365 g/mol. The molecule has 1 heterocycles. The Morgan fingerprint density at radius 2 is 1.38 bits per heavy atom.